The van der Waals surface area contributed by atoms with Crippen LogP contribution < -0.4 is 10.5 Å². The number of thioether (sulfide) groups is 1. The Labute approximate surface area is 172 Å². The lowest BCUT2D eigenvalue weighted by atomic mass is 10.0. The lowest BCUT2D eigenvalue weighted by Crippen LogP contribution is -2.28. The molecule has 144 valence electrons. The number of rotatable bonds is 3. The summed E-state index contributed by atoms with van der Waals surface area (Å²) in [5, 5.41) is 0.522. The summed E-state index contributed by atoms with van der Waals surface area (Å²) in [6, 6.07) is 18.5. The molecule has 1 unspecified atom stereocenters. The maximum atomic E-state index is 13.1. The predicted molar refractivity (Wildman–Crippen MR) is 119 cm³/mol. The van der Waals surface area contributed by atoms with Crippen LogP contribution in [-0.2, 0) is 6.42 Å². The van der Waals surface area contributed by atoms with Gasteiger partial charge in [0.05, 0.1) is 5.39 Å². The molecule has 1 aliphatic rings. The first-order chi connectivity index (χ1) is 14.2. The van der Waals surface area contributed by atoms with E-state index in [1.165, 1.54) is 10.5 Å². The number of para-hydroxylation sites is 1. The second kappa shape index (κ2) is 7.04. The predicted octanol–water partition coefficient (Wildman–Crippen LogP) is 4.79. The Kier molecular flexibility index (Phi) is 4.36. The van der Waals surface area contributed by atoms with Gasteiger partial charge in [-0.1, -0.05) is 30.3 Å². The molecule has 0 saturated carbocycles. The van der Waals surface area contributed by atoms with E-state index in [4.69, 9.17) is 4.98 Å². The summed E-state index contributed by atoms with van der Waals surface area (Å²) in [6.07, 6.45) is 4.69. The molecule has 6 heteroatoms. The number of nitrogens with one attached hydrogen (secondary N) is 1. The van der Waals surface area contributed by atoms with Crippen molar-refractivity contribution in [3.05, 3.63) is 76.7 Å². The Morgan fingerprint density at radius 3 is 2.69 bits per heavy atom. The van der Waals surface area contributed by atoms with Gasteiger partial charge in [-0.3, -0.25) is 9.78 Å². The van der Waals surface area contributed by atoms with E-state index >= 15 is 0 Å². The maximum Gasteiger partial charge on any atom is 0.262 e. The Balaban J connectivity index is 1.66. The van der Waals surface area contributed by atoms with Crippen LogP contribution in [0.3, 0.4) is 0 Å². The molecule has 0 aliphatic carbocycles. The number of nitrogens with zero attached hydrogens (tertiary/aromatic N) is 3. The van der Waals surface area contributed by atoms with Gasteiger partial charge in [-0.15, -0.1) is 11.8 Å². The molecule has 1 atom stereocenters. The van der Waals surface area contributed by atoms with Crippen LogP contribution in [0.2, 0.25) is 0 Å². The number of hydrogen-bond acceptors (Lipinski definition) is 5. The minimum absolute atomic E-state index is 0.168. The van der Waals surface area contributed by atoms with Crippen molar-refractivity contribution in [2.75, 3.05) is 11.2 Å². The summed E-state index contributed by atoms with van der Waals surface area (Å²) in [5.41, 5.74) is 4.48. The van der Waals surface area contributed by atoms with Crippen LogP contribution in [0.4, 0.5) is 11.6 Å². The molecule has 29 heavy (non-hydrogen) atoms. The van der Waals surface area contributed by atoms with Gasteiger partial charge in [0.25, 0.3) is 5.56 Å². The van der Waals surface area contributed by atoms with Gasteiger partial charge in [-0.05, 0) is 60.6 Å². The minimum Gasteiger partial charge on any atom is -0.309 e. The quantitative estimate of drug-likeness (QED) is 0.501. The number of anilines is 2. The SMILES string of the molecule is CSc1ccc(-c2ccnc3nc(N4c5ccccc5CC4C)[nH]c(=O)c23)cc1. The van der Waals surface area contributed by atoms with Crippen LogP contribution in [0, 0.1) is 0 Å². The smallest absolute Gasteiger partial charge is 0.262 e. The molecule has 1 N–H and O–H groups in total. The third kappa shape index (κ3) is 3.00. The standard InChI is InChI=1S/C23H20N4OS/c1-14-13-16-5-3-4-6-19(16)27(14)23-25-21-20(22(28)26-23)18(11-12-24-21)15-7-9-17(29-2)10-8-15/h3-12,14H,13H2,1-2H3,(H,24,25,26,28). The monoisotopic (exact) mass is 400 g/mol. The maximum absolute atomic E-state index is 13.1. The molecule has 2 aromatic carbocycles. The Bertz CT molecular complexity index is 1270. The Hall–Kier alpha value is -3.12. The highest BCUT2D eigenvalue weighted by molar-refractivity contribution is 7.98. The van der Waals surface area contributed by atoms with E-state index < -0.39 is 0 Å². The zero-order valence-electron chi connectivity index (χ0n) is 16.2. The van der Waals surface area contributed by atoms with Crippen molar-refractivity contribution in [1.29, 1.82) is 0 Å². The summed E-state index contributed by atoms with van der Waals surface area (Å²) < 4.78 is 0. The fraction of sp³-hybridized carbons (Fsp3) is 0.174. The average Bonchev–Trinajstić information content (AvgIpc) is 3.09. The molecule has 5 rings (SSSR count). The Morgan fingerprint density at radius 1 is 1.10 bits per heavy atom. The van der Waals surface area contributed by atoms with Crippen LogP contribution in [0.5, 0.6) is 0 Å². The van der Waals surface area contributed by atoms with Crippen molar-refractivity contribution in [2.45, 2.75) is 24.3 Å². The molecule has 0 radical (unpaired) electrons. The summed E-state index contributed by atoms with van der Waals surface area (Å²) in [5.74, 6) is 0.544. The molecule has 5 nitrogen and oxygen atoms in total. The number of H-pyrrole nitrogens is 1. The summed E-state index contributed by atoms with van der Waals surface area (Å²) >= 11 is 1.69. The fourth-order valence-corrected chi connectivity index (χ4v) is 4.47. The first kappa shape index (κ1) is 17.9. The number of fused-ring (bicyclic) bond motifs is 2. The highest BCUT2D eigenvalue weighted by atomic mass is 32.2. The van der Waals surface area contributed by atoms with E-state index in [2.05, 4.69) is 46.1 Å². The van der Waals surface area contributed by atoms with Gasteiger partial charge in [0.2, 0.25) is 5.95 Å². The molecular formula is C23H20N4OS. The minimum atomic E-state index is -0.168. The zero-order chi connectivity index (χ0) is 20.0. The molecule has 3 heterocycles. The van der Waals surface area contributed by atoms with Gasteiger partial charge in [0.15, 0.2) is 5.65 Å². The highest BCUT2D eigenvalue weighted by Gasteiger charge is 2.29. The number of hydrogen-bond donors (Lipinski definition) is 1. The normalized spacial score (nSPS) is 15.7. The van der Waals surface area contributed by atoms with Crippen LogP contribution >= 0.6 is 11.8 Å². The van der Waals surface area contributed by atoms with Crippen LogP contribution in [0.1, 0.15) is 12.5 Å². The van der Waals surface area contributed by atoms with Crippen molar-refractivity contribution < 1.29 is 0 Å². The van der Waals surface area contributed by atoms with Gasteiger partial charge in [0.1, 0.15) is 0 Å². The summed E-state index contributed by atoms with van der Waals surface area (Å²) in [6.45, 7) is 2.14. The second-order valence-corrected chi connectivity index (χ2v) is 8.11. The van der Waals surface area contributed by atoms with Crippen molar-refractivity contribution in [3.63, 3.8) is 0 Å². The first-order valence-electron chi connectivity index (χ1n) is 9.56. The van der Waals surface area contributed by atoms with E-state index in [9.17, 15) is 4.79 Å². The van der Waals surface area contributed by atoms with Crippen LogP contribution in [-0.4, -0.2) is 27.2 Å². The molecular weight excluding hydrogens is 380 g/mol. The van der Waals surface area contributed by atoms with Gasteiger partial charge >= 0.3 is 0 Å². The lowest BCUT2D eigenvalue weighted by Gasteiger charge is -2.23. The molecule has 4 aromatic rings. The van der Waals surface area contributed by atoms with Crippen molar-refractivity contribution in [3.8, 4) is 11.1 Å². The molecule has 0 fully saturated rings. The van der Waals surface area contributed by atoms with Crippen LogP contribution in [0.15, 0.2) is 70.5 Å². The number of benzene rings is 2. The fourth-order valence-electron chi connectivity index (χ4n) is 4.07. The molecule has 2 aromatic heterocycles. The van der Waals surface area contributed by atoms with Gasteiger partial charge < -0.3 is 4.90 Å². The van der Waals surface area contributed by atoms with E-state index in [0.717, 1.165) is 23.2 Å². The van der Waals surface area contributed by atoms with Crippen molar-refractivity contribution in [1.82, 2.24) is 15.0 Å². The largest absolute Gasteiger partial charge is 0.309 e. The third-order valence-electron chi connectivity index (χ3n) is 5.43. The number of pyridine rings is 1. The van der Waals surface area contributed by atoms with E-state index in [0.29, 0.717) is 17.0 Å². The van der Waals surface area contributed by atoms with Gasteiger partial charge in [-0.25, -0.2) is 4.98 Å². The topological polar surface area (TPSA) is 61.9 Å². The highest BCUT2D eigenvalue weighted by Crippen LogP contribution is 2.36. The van der Waals surface area contributed by atoms with E-state index in [1.807, 2.05) is 36.6 Å². The summed E-state index contributed by atoms with van der Waals surface area (Å²) in [7, 11) is 0. The average molecular weight is 401 g/mol. The molecule has 0 saturated heterocycles. The summed E-state index contributed by atoms with van der Waals surface area (Å²) in [4.78, 5) is 28.6. The van der Waals surface area contributed by atoms with E-state index in [1.54, 1.807) is 18.0 Å². The molecule has 0 bridgehead atoms. The van der Waals surface area contributed by atoms with Crippen molar-refractivity contribution >= 4 is 34.4 Å². The molecule has 1 aliphatic heterocycles. The number of aromatic amines is 1. The zero-order valence-corrected chi connectivity index (χ0v) is 17.0. The lowest BCUT2D eigenvalue weighted by molar-refractivity contribution is 0.740. The Morgan fingerprint density at radius 2 is 1.90 bits per heavy atom. The van der Waals surface area contributed by atoms with Gasteiger partial charge in [0, 0.05) is 22.8 Å². The third-order valence-corrected chi connectivity index (χ3v) is 6.18. The van der Waals surface area contributed by atoms with Gasteiger partial charge in [-0.2, -0.15) is 4.98 Å². The first-order valence-corrected chi connectivity index (χ1v) is 10.8. The van der Waals surface area contributed by atoms with E-state index in [-0.39, 0.29) is 11.6 Å². The van der Waals surface area contributed by atoms with Crippen molar-refractivity contribution in [2.24, 2.45) is 0 Å². The molecule has 0 spiro atoms. The second-order valence-electron chi connectivity index (χ2n) is 7.23. The molecule has 0 amide bonds. The van der Waals surface area contributed by atoms with Crippen LogP contribution in [0.25, 0.3) is 22.2 Å². The number of aromatic nitrogens is 3.